The number of halogens is 1. The highest BCUT2D eigenvalue weighted by atomic mass is 35.5. The first kappa shape index (κ1) is 21.4. The summed E-state index contributed by atoms with van der Waals surface area (Å²) in [7, 11) is 3.95. The van der Waals surface area contributed by atoms with Gasteiger partial charge < -0.3 is 14.3 Å². The van der Waals surface area contributed by atoms with E-state index in [0.717, 1.165) is 5.56 Å². The van der Waals surface area contributed by atoms with Gasteiger partial charge in [-0.15, -0.1) is 0 Å². The largest absolute Gasteiger partial charge is 0.456 e. The first-order valence-electron chi connectivity index (χ1n) is 7.39. The molecule has 0 spiro atoms. The molecule has 23 heavy (non-hydrogen) atoms. The predicted octanol–water partition coefficient (Wildman–Crippen LogP) is 3.07. The van der Waals surface area contributed by atoms with Crippen molar-refractivity contribution >= 4 is 23.6 Å². The molecule has 1 rings (SSSR count). The Morgan fingerprint density at radius 1 is 1.30 bits per heavy atom. The molecule has 0 heterocycles. The number of likely N-dealkylation sites (N-methyl/N-ethyl adjacent to an activating group) is 1. The van der Waals surface area contributed by atoms with E-state index in [9.17, 15) is 4.79 Å². The zero-order valence-corrected chi connectivity index (χ0v) is 14.9. The highest BCUT2D eigenvalue weighted by molar-refractivity contribution is 6.27. The molecular weight excluding hydrogens is 314 g/mol. The summed E-state index contributed by atoms with van der Waals surface area (Å²) in [6, 6.07) is 9.93. The number of rotatable bonds is 7. The summed E-state index contributed by atoms with van der Waals surface area (Å²) in [6.45, 7) is 6.96. The second-order valence-corrected chi connectivity index (χ2v) is 5.98. The summed E-state index contributed by atoms with van der Waals surface area (Å²) in [5, 5.41) is 8.76. The lowest BCUT2D eigenvalue weighted by Crippen LogP contribution is -2.44. The van der Waals surface area contributed by atoms with Gasteiger partial charge in [-0.2, -0.15) is 0 Å². The van der Waals surface area contributed by atoms with Gasteiger partial charge in [-0.25, -0.2) is 4.79 Å². The molecule has 128 valence electrons. The van der Waals surface area contributed by atoms with E-state index < -0.39 is 0 Å². The van der Waals surface area contributed by atoms with Crippen molar-refractivity contribution in [3.63, 3.8) is 0 Å². The van der Waals surface area contributed by atoms with E-state index >= 15 is 0 Å². The van der Waals surface area contributed by atoms with Gasteiger partial charge in [0.2, 0.25) is 0 Å². The minimum absolute atomic E-state index is 0.140. The maximum absolute atomic E-state index is 11.0. The summed E-state index contributed by atoms with van der Waals surface area (Å²) in [4.78, 5) is 11.0. The minimum Gasteiger partial charge on any atom is -0.456 e. The van der Waals surface area contributed by atoms with E-state index in [0.29, 0.717) is 29.8 Å². The first-order chi connectivity index (χ1) is 10.8. The number of aliphatic hydroxyl groups is 1. The van der Waals surface area contributed by atoms with E-state index in [-0.39, 0.29) is 12.6 Å². The van der Waals surface area contributed by atoms with Gasteiger partial charge in [0.05, 0.1) is 20.7 Å². The Bertz CT molecular complexity index is 498. The highest BCUT2D eigenvalue weighted by Gasteiger charge is 2.14. The average Bonchev–Trinajstić information content (AvgIpc) is 2.49. The monoisotopic (exact) mass is 340 g/mol. The number of carbonyl (C=O) groups excluding carboxylic acids is 1. The maximum Gasteiger partial charge on any atom is 0.333 e. The molecular formula is C18H27ClNO3+. The minimum atomic E-state index is -0.353. The first-order valence-corrected chi connectivity index (χ1v) is 7.83. The van der Waals surface area contributed by atoms with Gasteiger partial charge in [0.25, 0.3) is 0 Å². The molecule has 1 aromatic rings. The molecule has 0 aliphatic heterocycles. The molecule has 0 radical (unpaired) electrons. The Balaban J connectivity index is 0.000000459. The van der Waals surface area contributed by atoms with Crippen molar-refractivity contribution in [2.45, 2.75) is 6.92 Å². The summed E-state index contributed by atoms with van der Waals surface area (Å²) < 4.78 is 5.59. The number of carbonyl (C=O) groups is 1. The Hall–Kier alpha value is -1.62. The molecule has 1 N–H and O–H groups in total. The van der Waals surface area contributed by atoms with Crippen LogP contribution in [0, 0.1) is 0 Å². The van der Waals surface area contributed by atoms with Crippen molar-refractivity contribution in [3.05, 3.63) is 53.6 Å². The van der Waals surface area contributed by atoms with Gasteiger partial charge in [-0.3, -0.25) is 0 Å². The van der Waals surface area contributed by atoms with Crippen LogP contribution in [-0.4, -0.2) is 56.0 Å². The summed E-state index contributed by atoms with van der Waals surface area (Å²) in [5.74, 6) is -0.353. The topological polar surface area (TPSA) is 46.5 Å². The van der Waals surface area contributed by atoms with Crippen LogP contribution in [0.5, 0.6) is 0 Å². The van der Waals surface area contributed by atoms with Crippen LogP contribution in [0.25, 0.3) is 6.08 Å². The Kier molecular flexibility index (Phi) is 11.0. The van der Waals surface area contributed by atoms with Gasteiger partial charge in [0.1, 0.15) is 19.7 Å². The van der Waals surface area contributed by atoms with Crippen molar-refractivity contribution in [2.24, 2.45) is 0 Å². The molecule has 0 aliphatic rings. The SMILES string of the molecule is C=C(C)C(=O)OCC[N+](C)(C)CCO.ClC=Cc1ccccc1. The number of ether oxygens (including phenoxy) is 1. The van der Waals surface area contributed by atoms with Crippen LogP contribution in [0.4, 0.5) is 0 Å². The normalized spacial score (nSPS) is 10.8. The molecule has 0 amide bonds. The van der Waals surface area contributed by atoms with Crippen LogP contribution in [0.3, 0.4) is 0 Å². The molecule has 0 unspecified atom stereocenters. The number of hydrogen-bond acceptors (Lipinski definition) is 3. The molecule has 0 atom stereocenters. The third kappa shape index (κ3) is 11.6. The molecule has 0 aromatic heterocycles. The predicted molar refractivity (Wildman–Crippen MR) is 96.0 cm³/mol. The van der Waals surface area contributed by atoms with Crippen molar-refractivity contribution in [1.29, 1.82) is 0 Å². The van der Waals surface area contributed by atoms with Gasteiger partial charge in [-0.05, 0) is 18.6 Å². The van der Waals surface area contributed by atoms with E-state index in [1.54, 1.807) is 6.92 Å². The molecule has 0 aliphatic carbocycles. The smallest absolute Gasteiger partial charge is 0.333 e. The number of nitrogens with zero attached hydrogens (tertiary/aromatic N) is 1. The molecule has 4 nitrogen and oxygen atoms in total. The number of quaternary nitrogens is 1. The molecule has 0 saturated carbocycles. The van der Waals surface area contributed by atoms with Gasteiger partial charge in [0.15, 0.2) is 0 Å². The van der Waals surface area contributed by atoms with E-state index in [1.807, 2.05) is 50.5 Å². The molecule has 0 saturated heterocycles. The standard InChI is InChI=1S/C10H20NO3.C8H7Cl/c1-9(2)10(13)14-8-6-11(3,4)5-7-12;9-7-6-8-4-2-1-3-5-8/h12H,1,5-8H2,2-4H3;1-7H/q+1;. The summed E-state index contributed by atoms with van der Waals surface area (Å²) in [5.41, 5.74) is 3.06. The summed E-state index contributed by atoms with van der Waals surface area (Å²) in [6.07, 6.45) is 1.85. The van der Waals surface area contributed by atoms with Crippen LogP contribution < -0.4 is 0 Å². The van der Waals surface area contributed by atoms with Crippen molar-refractivity contribution in [2.75, 3.05) is 40.4 Å². The van der Waals surface area contributed by atoms with Crippen LogP contribution in [0.2, 0.25) is 0 Å². The zero-order valence-electron chi connectivity index (χ0n) is 14.2. The van der Waals surface area contributed by atoms with E-state index in [1.165, 1.54) is 5.54 Å². The van der Waals surface area contributed by atoms with Crippen LogP contribution in [-0.2, 0) is 9.53 Å². The van der Waals surface area contributed by atoms with E-state index in [4.69, 9.17) is 21.4 Å². The number of hydrogen-bond donors (Lipinski definition) is 1. The van der Waals surface area contributed by atoms with Gasteiger partial charge in [-0.1, -0.05) is 48.5 Å². The fourth-order valence-corrected chi connectivity index (χ4v) is 1.67. The Morgan fingerprint density at radius 2 is 1.91 bits per heavy atom. The second-order valence-electron chi connectivity index (χ2n) is 5.73. The van der Waals surface area contributed by atoms with Crippen LogP contribution in [0.1, 0.15) is 12.5 Å². The third-order valence-electron chi connectivity index (χ3n) is 3.04. The lowest BCUT2D eigenvalue weighted by Gasteiger charge is -2.28. The van der Waals surface area contributed by atoms with E-state index in [2.05, 4.69) is 6.58 Å². The van der Waals surface area contributed by atoms with Gasteiger partial charge in [0, 0.05) is 11.1 Å². The lowest BCUT2D eigenvalue weighted by atomic mass is 10.2. The van der Waals surface area contributed by atoms with Crippen LogP contribution >= 0.6 is 11.6 Å². The second kappa shape index (κ2) is 11.9. The molecule has 0 fully saturated rings. The molecule has 0 bridgehead atoms. The fraction of sp³-hybridized carbons (Fsp3) is 0.389. The maximum atomic E-state index is 11.0. The Labute approximate surface area is 144 Å². The molecule has 1 aromatic carbocycles. The number of aliphatic hydroxyl groups excluding tert-OH is 1. The van der Waals surface area contributed by atoms with Gasteiger partial charge >= 0.3 is 5.97 Å². The summed E-state index contributed by atoms with van der Waals surface area (Å²) >= 11 is 5.36. The average molecular weight is 341 g/mol. The van der Waals surface area contributed by atoms with Crippen molar-refractivity contribution in [1.82, 2.24) is 0 Å². The van der Waals surface area contributed by atoms with Crippen LogP contribution in [0.15, 0.2) is 48.0 Å². The van der Waals surface area contributed by atoms with Crippen molar-refractivity contribution < 1.29 is 19.1 Å². The quantitative estimate of drug-likeness (QED) is 0.471. The molecule has 5 heteroatoms. The van der Waals surface area contributed by atoms with Crippen molar-refractivity contribution in [3.8, 4) is 0 Å². The zero-order chi connectivity index (χ0) is 17.7. The third-order valence-corrected chi connectivity index (χ3v) is 3.16. The number of benzene rings is 1. The lowest BCUT2D eigenvalue weighted by molar-refractivity contribution is -0.890. The fourth-order valence-electron chi connectivity index (χ4n) is 1.53. The number of esters is 1. The highest BCUT2D eigenvalue weighted by Crippen LogP contribution is 2.01. The Morgan fingerprint density at radius 3 is 2.39 bits per heavy atom.